The summed E-state index contributed by atoms with van der Waals surface area (Å²) in [4.78, 5) is 0. The molecule has 2 aromatic rings. The number of benzene rings is 2. The van der Waals surface area contributed by atoms with Gasteiger partial charge in [-0.25, -0.2) is 0 Å². The number of fused-ring (bicyclic) bond motifs is 1. The molecule has 0 saturated heterocycles. The molecular weight excluding hydrogens is 196 g/mol. The standard InChI is InChI=1S/C14H18N2/c1-2-14(16-15)10-11-7-8-12-5-3-4-6-13(12)9-11/h3-9,14,16H,2,10,15H2,1H3. The minimum absolute atomic E-state index is 0.362. The van der Waals surface area contributed by atoms with Gasteiger partial charge >= 0.3 is 0 Å². The first kappa shape index (κ1) is 11.1. The molecule has 0 aliphatic rings. The highest BCUT2D eigenvalue weighted by atomic mass is 15.2. The van der Waals surface area contributed by atoms with Crippen molar-refractivity contribution in [2.24, 2.45) is 5.84 Å². The summed E-state index contributed by atoms with van der Waals surface area (Å²) in [7, 11) is 0. The van der Waals surface area contributed by atoms with Crippen molar-refractivity contribution in [3.63, 3.8) is 0 Å². The van der Waals surface area contributed by atoms with E-state index in [9.17, 15) is 0 Å². The maximum absolute atomic E-state index is 5.49. The quantitative estimate of drug-likeness (QED) is 0.606. The van der Waals surface area contributed by atoms with E-state index in [1.807, 2.05) is 0 Å². The molecule has 2 heteroatoms. The van der Waals surface area contributed by atoms with Gasteiger partial charge in [-0.2, -0.15) is 0 Å². The largest absolute Gasteiger partial charge is 0.271 e. The van der Waals surface area contributed by atoms with Crippen LogP contribution in [0.15, 0.2) is 42.5 Å². The van der Waals surface area contributed by atoms with Gasteiger partial charge in [0.25, 0.3) is 0 Å². The molecule has 2 nitrogen and oxygen atoms in total. The number of hydrazine groups is 1. The van der Waals surface area contributed by atoms with Crippen LogP contribution < -0.4 is 11.3 Å². The Bertz CT molecular complexity index is 461. The Morgan fingerprint density at radius 2 is 1.88 bits per heavy atom. The molecule has 0 saturated carbocycles. The summed E-state index contributed by atoms with van der Waals surface area (Å²) in [5.74, 6) is 5.49. The first-order chi connectivity index (χ1) is 7.83. The molecule has 1 atom stereocenters. The van der Waals surface area contributed by atoms with Crippen molar-refractivity contribution in [2.45, 2.75) is 25.8 Å². The van der Waals surface area contributed by atoms with Gasteiger partial charge in [0.05, 0.1) is 0 Å². The highest BCUT2D eigenvalue weighted by Gasteiger charge is 2.05. The smallest absolute Gasteiger partial charge is 0.0248 e. The van der Waals surface area contributed by atoms with Gasteiger partial charge in [0.1, 0.15) is 0 Å². The summed E-state index contributed by atoms with van der Waals surface area (Å²) in [6.07, 6.45) is 2.03. The summed E-state index contributed by atoms with van der Waals surface area (Å²) in [6.45, 7) is 2.14. The van der Waals surface area contributed by atoms with Crippen LogP contribution in [0.2, 0.25) is 0 Å². The zero-order chi connectivity index (χ0) is 11.4. The summed E-state index contributed by atoms with van der Waals surface area (Å²) in [6, 6.07) is 15.4. The summed E-state index contributed by atoms with van der Waals surface area (Å²) in [5, 5.41) is 2.59. The molecule has 0 radical (unpaired) electrons. The van der Waals surface area contributed by atoms with Crippen molar-refractivity contribution >= 4 is 10.8 Å². The average molecular weight is 214 g/mol. The Balaban J connectivity index is 2.25. The molecule has 2 aromatic carbocycles. The van der Waals surface area contributed by atoms with Crippen LogP contribution in [-0.4, -0.2) is 6.04 Å². The van der Waals surface area contributed by atoms with E-state index in [0.29, 0.717) is 6.04 Å². The molecule has 0 amide bonds. The molecule has 1 unspecified atom stereocenters. The van der Waals surface area contributed by atoms with Crippen molar-refractivity contribution in [1.29, 1.82) is 0 Å². The van der Waals surface area contributed by atoms with Gasteiger partial charge in [-0.05, 0) is 29.2 Å². The second-order valence-corrected chi connectivity index (χ2v) is 4.16. The van der Waals surface area contributed by atoms with Gasteiger partial charge in [0.15, 0.2) is 0 Å². The maximum atomic E-state index is 5.49. The first-order valence-electron chi connectivity index (χ1n) is 5.77. The van der Waals surface area contributed by atoms with Gasteiger partial charge in [-0.1, -0.05) is 49.4 Å². The van der Waals surface area contributed by atoms with E-state index in [-0.39, 0.29) is 0 Å². The fourth-order valence-electron chi connectivity index (χ4n) is 1.97. The second-order valence-electron chi connectivity index (χ2n) is 4.16. The van der Waals surface area contributed by atoms with Crippen LogP contribution >= 0.6 is 0 Å². The van der Waals surface area contributed by atoms with Crippen LogP contribution in [0.3, 0.4) is 0 Å². The molecule has 0 spiro atoms. The van der Waals surface area contributed by atoms with Gasteiger partial charge in [0.2, 0.25) is 0 Å². The van der Waals surface area contributed by atoms with Crippen molar-refractivity contribution < 1.29 is 0 Å². The molecular formula is C14H18N2. The monoisotopic (exact) mass is 214 g/mol. The zero-order valence-electron chi connectivity index (χ0n) is 9.61. The summed E-state index contributed by atoms with van der Waals surface area (Å²) < 4.78 is 0. The third-order valence-electron chi connectivity index (χ3n) is 3.02. The number of rotatable bonds is 4. The van der Waals surface area contributed by atoms with Gasteiger partial charge in [-0.3, -0.25) is 11.3 Å². The van der Waals surface area contributed by atoms with E-state index in [4.69, 9.17) is 5.84 Å². The molecule has 3 N–H and O–H groups in total. The molecule has 16 heavy (non-hydrogen) atoms. The van der Waals surface area contributed by atoms with Crippen LogP contribution in [0, 0.1) is 0 Å². The van der Waals surface area contributed by atoms with Gasteiger partial charge < -0.3 is 0 Å². The lowest BCUT2D eigenvalue weighted by molar-refractivity contribution is 0.511. The fourth-order valence-corrected chi connectivity index (χ4v) is 1.97. The lowest BCUT2D eigenvalue weighted by Gasteiger charge is -2.13. The Labute approximate surface area is 96.4 Å². The molecule has 0 bridgehead atoms. The van der Waals surface area contributed by atoms with E-state index in [2.05, 4.69) is 54.8 Å². The van der Waals surface area contributed by atoms with E-state index in [0.717, 1.165) is 12.8 Å². The molecule has 0 heterocycles. The normalized spacial score (nSPS) is 12.9. The molecule has 0 aromatic heterocycles. The van der Waals surface area contributed by atoms with Crippen molar-refractivity contribution in [3.05, 3.63) is 48.0 Å². The number of hydrogen-bond acceptors (Lipinski definition) is 2. The maximum Gasteiger partial charge on any atom is 0.0248 e. The topological polar surface area (TPSA) is 38.0 Å². The summed E-state index contributed by atoms with van der Waals surface area (Å²) >= 11 is 0. The predicted octanol–water partition coefficient (Wildman–Crippen LogP) is 2.62. The van der Waals surface area contributed by atoms with Crippen LogP contribution in [0.1, 0.15) is 18.9 Å². The van der Waals surface area contributed by atoms with Crippen LogP contribution in [0.4, 0.5) is 0 Å². The number of hydrogen-bond donors (Lipinski definition) is 2. The SMILES string of the molecule is CCC(Cc1ccc2ccccc2c1)NN. The first-order valence-corrected chi connectivity index (χ1v) is 5.77. The van der Waals surface area contributed by atoms with Crippen molar-refractivity contribution in [2.75, 3.05) is 0 Å². The van der Waals surface area contributed by atoms with E-state index >= 15 is 0 Å². The van der Waals surface area contributed by atoms with Gasteiger partial charge in [-0.15, -0.1) is 0 Å². The zero-order valence-corrected chi connectivity index (χ0v) is 9.61. The van der Waals surface area contributed by atoms with Gasteiger partial charge in [0, 0.05) is 6.04 Å². The Morgan fingerprint density at radius 1 is 1.12 bits per heavy atom. The second kappa shape index (κ2) is 5.10. The van der Waals surface area contributed by atoms with Crippen LogP contribution in [0.25, 0.3) is 10.8 Å². The average Bonchev–Trinajstić information content (AvgIpc) is 2.35. The van der Waals surface area contributed by atoms with Crippen LogP contribution in [0.5, 0.6) is 0 Å². The molecule has 2 rings (SSSR count). The predicted molar refractivity (Wildman–Crippen MR) is 69.1 cm³/mol. The van der Waals surface area contributed by atoms with E-state index < -0.39 is 0 Å². The summed E-state index contributed by atoms with van der Waals surface area (Å²) in [5.41, 5.74) is 4.18. The number of nitrogens with two attached hydrogens (primary N) is 1. The number of nitrogens with one attached hydrogen (secondary N) is 1. The highest BCUT2D eigenvalue weighted by Crippen LogP contribution is 2.16. The minimum atomic E-state index is 0.362. The highest BCUT2D eigenvalue weighted by molar-refractivity contribution is 5.82. The lowest BCUT2D eigenvalue weighted by Crippen LogP contribution is -2.36. The fraction of sp³-hybridized carbons (Fsp3) is 0.286. The molecule has 0 fully saturated rings. The molecule has 0 aliphatic heterocycles. The Kier molecular flexibility index (Phi) is 3.54. The lowest BCUT2D eigenvalue weighted by atomic mass is 10.0. The molecule has 84 valence electrons. The Morgan fingerprint density at radius 3 is 2.56 bits per heavy atom. The molecule has 0 aliphatic carbocycles. The van der Waals surface area contributed by atoms with Crippen molar-refractivity contribution in [3.8, 4) is 0 Å². The van der Waals surface area contributed by atoms with Crippen molar-refractivity contribution in [1.82, 2.24) is 5.43 Å². The third-order valence-corrected chi connectivity index (χ3v) is 3.02. The van der Waals surface area contributed by atoms with E-state index in [1.54, 1.807) is 0 Å². The Hall–Kier alpha value is -1.38. The van der Waals surface area contributed by atoms with E-state index in [1.165, 1.54) is 16.3 Å². The minimum Gasteiger partial charge on any atom is -0.271 e. The third kappa shape index (κ3) is 2.40. The van der Waals surface area contributed by atoms with Crippen LogP contribution in [-0.2, 0) is 6.42 Å².